The summed E-state index contributed by atoms with van der Waals surface area (Å²) in [5.74, 6) is 1.73. The summed E-state index contributed by atoms with van der Waals surface area (Å²) in [6, 6.07) is 16.8. The van der Waals surface area contributed by atoms with Gasteiger partial charge in [-0.25, -0.2) is 0 Å². The Balaban J connectivity index is 1.68. The van der Waals surface area contributed by atoms with Gasteiger partial charge in [0.1, 0.15) is 0 Å². The first kappa shape index (κ1) is 18.5. The maximum absolute atomic E-state index is 5.51. The average Bonchev–Trinajstić information content (AvgIpc) is 3.11. The molecule has 0 saturated carbocycles. The van der Waals surface area contributed by atoms with E-state index in [2.05, 4.69) is 85.0 Å². The van der Waals surface area contributed by atoms with Gasteiger partial charge in [0, 0.05) is 23.3 Å². The fraction of sp³-hybridized carbons (Fsp3) is 0.300. The van der Waals surface area contributed by atoms with Crippen molar-refractivity contribution in [3.05, 3.63) is 64.1 Å². The highest BCUT2D eigenvalue weighted by Gasteiger charge is 2.22. The SMILES string of the molecule is Cc1ccccc1-n1c(SCc2cccc(Br)c2)nnc1N1CCOCC1. The van der Waals surface area contributed by atoms with Crippen molar-refractivity contribution in [3.63, 3.8) is 0 Å². The van der Waals surface area contributed by atoms with Crippen LogP contribution in [-0.2, 0) is 10.5 Å². The molecule has 27 heavy (non-hydrogen) atoms. The van der Waals surface area contributed by atoms with Gasteiger partial charge >= 0.3 is 0 Å². The number of morpholine rings is 1. The molecule has 0 atom stereocenters. The van der Waals surface area contributed by atoms with Crippen LogP contribution in [0.3, 0.4) is 0 Å². The highest BCUT2D eigenvalue weighted by atomic mass is 79.9. The number of rotatable bonds is 5. The van der Waals surface area contributed by atoms with Gasteiger partial charge in [-0.05, 0) is 36.2 Å². The van der Waals surface area contributed by atoms with Crippen LogP contribution < -0.4 is 4.90 Å². The van der Waals surface area contributed by atoms with E-state index in [-0.39, 0.29) is 0 Å². The van der Waals surface area contributed by atoms with Crippen LogP contribution in [-0.4, -0.2) is 41.1 Å². The number of aryl methyl sites for hydroxylation is 1. The monoisotopic (exact) mass is 444 g/mol. The minimum atomic E-state index is 0.723. The third-order valence-electron chi connectivity index (χ3n) is 4.52. The third kappa shape index (κ3) is 4.20. The van der Waals surface area contributed by atoms with Crippen molar-refractivity contribution in [2.24, 2.45) is 0 Å². The molecule has 0 bridgehead atoms. The lowest BCUT2D eigenvalue weighted by Gasteiger charge is -2.28. The molecule has 4 rings (SSSR count). The fourth-order valence-corrected chi connectivity index (χ4v) is 4.45. The Morgan fingerprint density at radius 2 is 1.89 bits per heavy atom. The van der Waals surface area contributed by atoms with E-state index in [1.54, 1.807) is 11.8 Å². The summed E-state index contributed by atoms with van der Waals surface area (Å²) in [7, 11) is 0. The van der Waals surface area contributed by atoms with E-state index in [0.717, 1.165) is 53.3 Å². The number of ether oxygens (including phenoxy) is 1. The Hall–Kier alpha value is -1.83. The van der Waals surface area contributed by atoms with E-state index >= 15 is 0 Å². The molecule has 1 fully saturated rings. The van der Waals surface area contributed by atoms with Gasteiger partial charge in [-0.1, -0.05) is 58.0 Å². The van der Waals surface area contributed by atoms with Gasteiger partial charge in [-0.2, -0.15) is 0 Å². The van der Waals surface area contributed by atoms with Crippen LogP contribution in [0.2, 0.25) is 0 Å². The van der Waals surface area contributed by atoms with E-state index in [1.165, 1.54) is 11.1 Å². The van der Waals surface area contributed by atoms with Gasteiger partial charge in [-0.15, -0.1) is 10.2 Å². The Labute approximate surface area is 171 Å². The van der Waals surface area contributed by atoms with Gasteiger partial charge in [0.25, 0.3) is 0 Å². The topological polar surface area (TPSA) is 43.2 Å². The van der Waals surface area contributed by atoms with Crippen LogP contribution in [0, 0.1) is 6.92 Å². The first-order chi connectivity index (χ1) is 13.2. The second-order valence-electron chi connectivity index (χ2n) is 6.42. The lowest BCUT2D eigenvalue weighted by Crippen LogP contribution is -2.38. The number of thioether (sulfide) groups is 1. The molecular formula is C20H21BrN4OS. The largest absolute Gasteiger partial charge is 0.378 e. The van der Waals surface area contributed by atoms with Crippen molar-refractivity contribution in [1.29, 1.82) is 0 Å². The van der Waals surface area contributed by atoms with Crippen molar-refractivity contribution >= 4 is 33.6 Å². The van der Waals surface area contributed by atoms with Crippen molar-refractivity contribution in [2.45, 2.75) is 17.8 Å². The summed E-state index contributed by atoms with van der Waals surface area (Å²) < 4.78 is 8.78. The van der Waals surface area contributed by atoms with Crippen molar-refractivity contribution in [3.8, 4) is 5.69 Å². The third-order valence-corrected chi connectivity index (χ3v) is 6.02. The number of hydrogen-bond acceptors (Lipinski definition) is 5. The number of benzene rings is 2. The summed E-state index contributed by atoms with van der Waals surface area (Å²) in [5, 5.41) is 9.98. The average molecular weight is 445 g/mol. The Morgan fingerprint density at radius 1 is 1.07 bits per heavy atom. The molecule has 3 aromatic rings. The minimum absolute atomic E-state index is 0.723. The predicted molar refractivity (Wildman–Crippen MR) is 113 cm³/mol. The van der Waals surface area contributed by atoms with Crippen LogP contribution in [0.4, 0.5) is 5.95 Å². The molecule has 2 aromatic carbocycles. The zero-order valence-corrected chi connectivity index (χ0v) is 17.5. The van der Waals surface area contributed by atoms with Crippen molar-refractivity contribution < 1.29 is 4.74 Å². The summed E-state index contributed by atoms with van der Waals surface area (Å²) in [6.45, 7) is 5.24. The maximum atomic E-state index is 5.51. The van der Waals surface area contributed by atoms with Crippen LogP contribution in [0.1, 0.15) is 11.1 Å². The summed E-state index contributed by atoms with van der Waals surface area (Å²) in [6.07, 6.45) is 0. The molecule has 1 aromatic heterocycles. The number of nitrogens with zero attached hydrogens (tertiary/aromatic N) is 4. The standard InChI is InChI=1S/C20H21BrN4OS/c1-15-5-2-3-8-18(15)25-19(24-9-11-26-12-10-24)22-23-20(25)27-14-16-6-4-7-17(21)13-16/h2-8,13H,9-12,14H2,1H3. The normalized spacial score (nSPS) is 14.5. The molecule has 1 aliphatic heterocycles. The highest BCUT2D eigenvalue weighted by Crippen LogP contribution is 2.30. The molecule has 0 spiro atoms. The van der Waals surface area contributed by atoms with Gasteiger partial charge in [0.2, 0.25) is 5.95 Å². The van der Waals surface area contributed by atoms with Crippen LogP contribution in [0.5, 0.6) is 0 Å². The number of aromatic nitrogens is 3. The van der Waals surface area contributed by atoms with E-state index in [1.807, 2.05) is 6.07 Å². The molecule has 1 aliphatic rings. The van der Waals surface area contributed by atoms with Gasteiger partial charge < -0.3 is 9.64 Å². The summed E-state index contributed by atoms with van der Waals surface area (Å²) >= 11 is 5.25. The molecule has 140 valence electrons. The van der Waals surface area contributed by atoms with Gasteiger partial charge in [0.05, 0.1) is 18.9 Å². The molecule has 0 amide bonds. The Kier molecular flexibility index (Phi) is 5.80. The summed E-state index contributed by atoms with van der Waals surface area (Å²) in [4.78, 5) is 2.26. The lowest BCUT2D eigenvalue weighted by molar-refractivity contribution is 0.122. The molecule has 0 N–H and O–H groups in total. The highest BCUT2D eigenvalue weighted by molar-refractivity contribution is 9.10. The van der Waals surface area contributed by atoms with Crippen molar-refractivity contribution in [2.75, 3.05) is 31.2 Å². The molecule has 1 saturated heterocycles. The fourth-order valence-electron chi connectivity index (χ4n) is 3.12. The Bertz CT molecular complexity index is 924. The van der Waals surface area contributed by atoms with Crippen molar-refractivity contribution in [1.82, 2.24) is 14.8 Å². The molecule has 7 heteroatoms. The molecule has 0 radical (unpaired) electrons. The first-order valence-electron chi connectivity index (χ1n) is 8.94. The molecule has 0 aliphatic carbocycles. The number of anilines is 1. The van der Waals surface area contributed by atoms with Crippen LogP contribution >= 0.6 is 27.7 Å². The molecular weight excluding hydrogens is 424 g/mol. The van der Waals surface area contributed by atoms with E-state index < -0.39 is 0 Å². The second kappa shape index (κ2) is 8.46. The van der Waals surface area contributed by atoms with E-state index in [9.17, 15) is 0 Å². The van der Waals surface area contributed by atoms with E-state index in [4.69, 9.17) is 4.74 Å². The lowest BCUT2D eigenvalue weighted by atomic mass is 10.2. The number of para-hydroxylation sites is 1. The maximum Gasteiger partial charge on any atom is 0.232 e. The number of halogens is 1. The first-order valence-corrected chi connectivity index (χ1v) is 10.7. The predicted octanol–water partition coefficient (Wildman–Crippen LogP) is 4.47. The van der Waals surface area contributed by atoms with Crippen LogP contribution in [0.25, 0.3) is 5.69 Å². The molecule has 5 nitrogen and oxygen atoms in total. The number of hydrogen-bond donors (Lipinski definition) is 0. The van der Waals surface area contributed by atoms with E-state index in [0.29, 0.717) is 0 Å². The van der Waals surface area contributed by atoms with Crippen LogP contribution in [0.15, 0.2) is 58.2 Å². The molecule has 0 unspecified atom stereocenters. The minimum Gasteiger partial charge on any atom is -0.378 e. The quantitative estimate of drug-likeness (QED) is 0.543. The smallest absolute Gasteiger partial charge is 0.232 e. The van der Waals surface area contributed by atoms with Gasteiger partial charge in [-0.3, -0.25) is 4.57 Å². The molecule has 2 heterocycles. The summed E-state index contributed by atoms with van der Waals surface area (Å²) in [5.41, 5.74) is 3.58. The van der Waals surface area contributed by atoms with Gasteiger partial charge in [0.15, 0.2) is 5.16 Å². The second-order valence-corrected chi connectivity index (χ2v) is 8.28. The Morgan fingerprint density at radius 3 is 2.67 bits per heavy atom. The zero-order chi connectivity index (χ0) is 18.6. The zero-order valence-electron chi connectivity index (χ0n) is 15.1.